The molecular weight excluding hydrogens is 296 g/mol. The summed E-state index contributed by atoms with van der Waals surface area (Å²) in [7, 11) is 0. The highest BCUT2D eigenvalue weighted by Crippen LogP contribution is 2.24. The van der Waals surface area contributed by atoms with Crippen LogP contribution in [0.2, 0.25) is 0 Å². The number of hydrazine groups is 1. The monoisotopic (exact) mass is 316 g/mol. The molecule has 1 aliphatic heterocycles. The van der Waals surface area contributed by atoms with E-state index in [0.717, 1.165) is 12.1 Å². The Morgan fingerprint density at radius 3 is 2.65 bits per heavy atom. The molecule has 0 aliphatic carbocycles. The molecular formula is C15H20N6O2. The summed E-state index contributed by atoms with van der Waals surface area (Å²) in [5, 5.41) is 10.1. The predicted octanol–water partition coefficient (Wildman–Crippen LogP) is 2.42. The number of urea groups is 1. The number of hydrogen-bond donors (Lipinski definition) is 1. The first kappa shape index (κ1) is 15.3. The van der Waals surface area contributed by atoms with E-state index in [9.17, 15) is 4.79 Å². The molecule has 0 spiro atoms. The Morgan fingerprint density at radius 2 is 2.00 bits per heavy atom. The van der Waals surface area contributed by atoms with Crippen molar-refractivity contribution < 1.29 is 9.32 Å². The molecule has 1 aliphatic rings. The van der Waals surface area contributed by atoms with E-state index in [0.29, 0.717) is 24.9 Å². The third-order valence-corrected chi connectivity index (χ3v) is 3.56. The SMILES string of the molecule is CC(C)(C)c1cc(NC(=O)N2CCCN2c2ncccn2)on1. The first-order valence-electron chi connectivity index (χ1n) is 7.55. The summed E-state index contributed by atoms with van der Waals surface area (Å²) in [5.41, 5.74) is 0.654. The van der Waals surface area contributed by atoms with E-state index >= 15 is 0 Å². The number of rotatable bonds is 2. The molecule has 0 unspecified atom stereocenters. The Hall–Kier alpha value is -2.64. The maximum absolute atomic E-state index is 12.5. The van der Waals surface area contributed by atoms with E-state index in [2.05, 4.69) is 20.4 Å². The van der Waals surface area contributed by atoms with Gasteiger partial charge in [-0.15, -0.1) is 0 Å². The molecule has 23 heavy (non-hydrogen) atoms. The molecule has 1 fully saturated rings. The predicted molar refractivity (Wildman–Crippen MR) is 84.9 cm³/mol. The zero-order chi connectivity index (χ0) is 16.4. The first-order chi connectivity index (χ1) is 10.9. The van der Waals surface area contributed by atoms with Gasteiger partial charge in [0.15, 0.2) is 0 Å². The zero-order valence-electron chi connectivity index (χ0n) is 13.5. The molecule has 2 amide bonds. The Kier molecular flexibility index (Phi) is 3.89. The van der Waals surface area contributed by atoms with Crippen LogP contribution in [-0.2, 0) is 5.41 Å². The van der Waals surface area contributed by atoms with Gasteiger partial charge in [-0.05, 0) is 12.5 Å². The second-order valence-electron chi connectivity index (χ2n) is 6.41. The van der Waals surface area contributed by atoms with E-state index < -0.39 is 0 Å². The summed E-state index contributed by atoms with van der Waals surface area (Å²) in [6.45, 7) is 7.40. The summed E-state index contributed by atoms with van der Waals surface area (Å²) in [6.07, 6.45) is 4.17. The van der Waals surface area contributed by atoms with Gasteiger partial charge in [0.05, 0.1) is 5.69 Å². The van der Waals surface area contributed by atoms with Crippen LogP contribution in [0.1, 0.15) is 32.9 Å². The molecule has 3 heterocycles. The third kappa shape index (κ3) is 3.25. The van der Waals surface area contributed by atoms with Crippen LogP contribution in [0.5, 0.6) is 0 Å². The topological polar surface area (TPSA) is 87.4 Å². The fourth-order valence-electron chi connectivity index (χ4n) is 2.31. The Labute approximate surface area is 134 Å². The highest BCUT2D eigenvalue weighted by Gasteiger charge is 2.29. The second-order valence-corrected chi connectivity index (χ2v) is 6.41. The van der Waals surface area contributed by atoms with E-state index in [1.165, 1.54) is 0 Å². The number of anilines is 2. The van der Waals surface area contributed by atoms with Crippen LogP contribution in [0.4, 0.5) is 16.6 Å². The van der Waals surface area contributed by atoms with Gasteiger partial charge in [-0.2, -0.15) is 0 Å². The summed E-state index contributed by atoms with van der Waals surface area (Å²) < 4.78 is 5.20. The Morgan fingerprint density at radius 1 is 1.26 bits per heavy atom. The fourth-order valence-corrected chi connectivity index (χ4v) is 2.31. The van der Waals surface area contributed by atoms with Crippen LogP contribution < -0.4 is 10.3 Å². The zero-order valence-corrected chi connectivity index (χ0v) is 13.5. The molecule has 0 saturated carbocycles. The lowest BCUT2D eigenvalue weighted by atomic mass is 9.92. The minimum Gasteiger partial charge on any atom is -0.338 e. The molecule has 8 heteroatoms. The Bertz CT molecular complexity index is 679. The third-order valence-electron chi connectivity index (χ3n) is 3.56. The largest absolute Gasteiger partial charge is 0.343 e. The average molecular weight is 316 g/mol. The number of nitrogens with one attached hydrogen (secondary N) is 1. The van der Waals surface area contributed by atoms with E-state index in [4.69, 9.17) is 4.52 Å². The molecule has 0 atom stereocenters. The van der Waals surface area contributed by atoms with Crippen molar-refractivity contribution >= 4 is 17.9 Å². The number of carbonyl (C=O) groups is 1. The quantitative estimate of drug-likeness (QED) is 0.915. The molecule has 122 valence electrons. The average Bonchev–Trinajstić information content (AvgIpc) is 3.16. The summed E-state index contributed by atoms with van der Waals surface area (Å²) in [5.74, 6) is 0.842. The normalized spacial score (nSPS) is 15.1. The number of hydrogen-bond acceptors (Lipinski definition) is 6. The minimum absolute atomic E-state index is 0.135. The smallest absolute Gasteiger partial charge is 0.338 e. The van der Waals surface area contributed by atoms with Gasteiger partial charge in [0.25, 0.3) is 0 Å². The van der Waals surface area contributed by atoms with Gasteiger partial charge in [-0.1, -0.05) is 25.9 Å². The lowest BCUT2D eigenvalue weighted by molar-refractivity contribution is 0.216. The summed E-state index contributed by atoms with van der Waals surface area (Å²) >= 11 is 0. The fraction of sp³-hybridized carbons (Fsp3) is 0.467. The van der Waals surface area contributed by atoms with Crippen LogP contribution in [-0.4, -0.2) is 39.3 Å². The van der Waals surface area contributed by atoms with Crippen molar-refractivity contribution in [3.63, 3.8) is 0 Å². The van der Waals surface area contributed by atoms with Gasteiger partial charge in [0, 0.05) is 37.0 Å². The van der Waals surface area contributed by atoms with Crippen LogP contribution in [0.3, 0.4) is 0 Å². The van der Waals surface area contributed by atoms with Crippen molar-refractivity contribution in [2.75, 3.05) is 23.4 Å². The van der Waals surface area contributed by atoms with Crippen LogP contribution >= 0.6 is 0 Å². The van der Waals surface area contributed by atoms with Crippen molar-refractivity contribution in [2.24, 2.45) is 0 Å². The molecule has 0 aromatic carbocycles. The van der Waals surface area contributed by atoms with E-state index in [1.54, 1.807) is 34.5 Å². The number of aromatic nitrogens is 3. The molecule has 2 aromatic heterocycles. The van der Waals surface area contributed by atoms with Gasteiger partial charge in [0.2, 0.25) is 11.8 Å². The molecule has 1 N–H and O–H groups in total. The van der Waals surface area contributed by atoms with E-state index in [1.807, 2.05) is 20.8 Å². The highest BCUT2D eigenvalue weighted by molar-refractivity contribution is 5.89. The molecule has 8 nitrogen and oxygen atoms in total. The highest BCUT2D eigenvalue weighted by atomic mass is 16.5. The number of nitrogens with zero attached hydrogens (tertiary/aromatic N) is 5. The van der Waals surface area contributed by atoms with Crippen molar-refractivity contribution in [3.8, 4) is 0 Å². The molecule has 1 saturated heterocycles. The van der Waals surface area contributed by atoms with Gasteiger partial charge in [-0.3, -0.25) is 5.32 Å². The van der Waals surface area contributed by atoms with Crippen molar-refractivity contribution in [3.05, 3.63) is 30.2 Å². The van der Waals surface area contributed by atoms with Gasteiger partial charge in [-0.25, -0.2) is 24.8 Å². The standard InChI is InChI=1S/C15H20N6O2/c1-15(2,3)11-10-12(23-19-11)18-14(22)21-9-5-8-20(21)13-16-6-4-7-17-13/h4,6-7,10H,5,8-9H2,1-3H3,(H,18,22). The number of carbonyl (C=O) groups excluding carboxylic acids is 1. The lowest BCUT2D eigenvalue weighted by Crippen LogP contribution is -2.44. The van der Waals surface area contributed by atoms with E-state index in [-0.39, 0.29) is 11.4 Å². The summed E-state index contributed by atoms with van der Waals surface area (Å²) in [4.78, 5) is 20.9. The van der Waals surface area contributed by atoms with Crippen molar-refractivity contribution in [2.45, 2.75) is 32.6 Å². The Balaban J connectivity index is 1.71. The van der Waals surface area contributed by atoms with Gasteiger partial charge < -0.3 is 4.52 Å². The maximum atomic E-state index is 12.5. The maximum Gasteiger partial charge on any atom is 0.343 e. The molecule has 0 radical (unpaired) electrons. The minimum atomic E-state index is -0.286. The van der Waals surface area contributed by atoms with Crippen LogP contribution in [0.25, 0.3) is 0 Å². The van der Waals surface area contributed by atoms with Crippen molar-refractivity contribution in [1.82, 2.24) is 20.1 Å². The molecule has 3 rings (SSSR count). The van der Waals surface area contributed by atoms with Crippen molar-refractivity contribution in [1.29, 1.82) is 0 Å². The molecule has 0 bridgehead atoms. The summed E-state index contributed by atoms with van der Waals surface area (Å²) in [6, 6.07) is 3.20. The van der Waals surface area contributed by atoms with Gasteiger partial charge >= 0.3 is 6.03 Å². The lowest BCUT2D eigenvalue weighted by Gasteiger charge is -2.27. The van der Waals surface area contributed by atoms with Crippen LogP contribution in [0, 0.1) is 0 Å². The van der Waals surface area contributed by atoms with Gasteiger partial charge in [0.1, 0.15) is 0 Å². The number of amides is 2. The van der Waals surface area contributed by atoms with Crippen LogP contribution in [0.15, 0.2) is 29.0 Å². The molecule has 2 aromatic rings. The second kappa shape index (κ2) is 5.86. The first-order valence-corrected chi connectivity index (χ1v) is 7.55.